The van der Waals surface area contributed by atoms with E-state index in [1.165, 1.54) is 43.2 Å². The SMILES string of the molecule is O=C(C1CCCC1)N1C[C@H](CN2CCC(Cc3ccccc3)CC2)[C@H](c2ccc(F)cc2)C1. The minimum Gasteiger partial charge on any atom is -0.341 e. The van der Waals surface area contributed by atoms with E-state index in [-0.39, 0.29) is 11.7 Å². The van der Waals surface area contributed by atoms with Gasteiger partial charge in [0.05, 0.1) is 0 Å². The van der Waals surface area contributed by atoms with Crippen LogP contribution in [-0.4, -0.2) is 48.4 Å². The van der Waals surface area contributed by atoms with Crippen molar-refractivity contribution >= 4 is 5.91 Å². The fourth-order valence-electron chi connectivity index (χ4n) is 6.41. The molecule has 2 aromatic carbocycles. The topological polar surface area (TPSA) is 23.6 Å². The van der Waals surface area contributed by atoms with Crippen molar-refractivity contribution in [2.75, 3.05) is 32.7 Å². The van der Waals surface area contributed by atoms with E-state index in [0.717, 1.165) is 51.5 Å². The summed E-state index contributed by atoms with van der Waals surface area (Å²) in [5.74, 6) is 1.90. The predicted octanol–water partition coefficient (Wildman–Crippen LogP) is 5.51. The van der Waals surface area contributed by atoms with Crippen LogP contribution in [0.4, 0.5) is 4.39 Å². The fraction of sp³-hybridized carbons (Fsp3) is 0.552. The Balaban J connectivity index is 1.22. The molecule has 3 nitrogen and oxygen atoms in total. The van der Waals surface area contributed by atoms with Crippen molar-refractivity contribution in [3.8, 4) is 0 Å². The lowest BCUT2D eigenvalue weighted by molar-refractivity contribution is -0.134. The molecule has 4 heteroatoms. The molecule has 0 aromatic heterocycles. The summed E-state index contributed by atoms with van der Waals surface area (Å²) in [6.07, 6.45) is 8.15. The van der Waals surface area contributed by atoms with Crippen LogP contribution in [0, 0.1) is 23.6 Å². The summed E-state index contributed by atoms with van der Waals surface area (Å²) in [5, 5.41) is 0. The Labute approximate surface area is 198 Å². The molecule has 3 fully saturated rings. The lowest BCUT2D eigenvalue weighted by Gasteiger charge is -2.34. The average Bonchev–Trinajstić information content (AvgIpc) is 3.52. The first-order valence-corrected chi connectivity index (χ1v) is 13.0. The molecule has 2 aromatic rings. The number of piperidine rings is 1. The van der Waals surface area contributed by atoms with Crippen molar-refractivity contribution in [1.29, 1.82) is 0 Å². The predicted molar refractivity (Wildman–Crippen MR) is 130 cm³/mol. The number of hydrogen-bond donors (Lipinski definition) is 0. The second kappa shape index (κ2) is 10.4. The molecule has 1 saturated carbocycles. The summed E-state index contributed by atoms with van der Waals surface area (Å²) in [5.41, 5.74) is 2.63. The van der Waals surface area contributed by atoms with Gasteiger partial charge in [0.15, 0.2) is 0 Å². The van der Waals surface area contributed by atoms with Gasteiger partial charge in [-0.2, -0.15) is 0 Å². The standard InChI is InChI=1S/C29H37FN2O/c30-27-12-10-24(11-13-27)28-21-32(29(33)25-8-4-5-9-25)20-26(28)19-31-16-14-23(15-17-31)18-22-6-2-1-3-7-22/h1-3,6-7,10-13,23,25-26,28H,4-5,8-9,14-21H2/t26-,28-/m0/s1. The molecule has 0 radical (unpaired) electrons. The van der Waals surface area contributed by atoms with Gasteiger partial charge >= 0.3 is 0 Å². The van der Waals surface area contributed by atoms with Crippen molar-refractivity contribution < 1.29 is 9.18 Å². The van der Waals surface area contributed by atoms with Crippen molar-refractivity contribution in [3.63, 3.8) is 0 Å². The minimum absolute atomic E-state index is 0.187. The Bertz CT molecular complexity index is 901. The van der Waals surface area contributed by atoms with E-state index in [0.29, 0.717) is 17.7 Å². The number of carbonyl (C=O) groups is 1. The van der Waals surface area contributed by atoms with E-state index in [2.05, 4.69) is 40.1 Å². The van der Waals surface area contributed by atoms with Gasteiger partial charge in [-0.15, -0.1) is 0 Å². The van der Waals surface area contributed by atoms with Crippen LogP contribution in [0.2, 0.25) is 0 Å². The third kappa shape index (κ3) is 5.48. The van der Waals surface area contributed by atoms with E-state index >= 15 is 0 Å². The van der Waals surface area contributed by atoms with Crippen LogP contribution in [0.5, 0.6) is 0 Å². The van der Waals surface area contributed by atoms with E-state index < -0.39 is 0 Å². The number of hydrogen-bond acceptors (Lipinski definition) is 2. The lowest BCUT2D eigenvalue weighted by Crippen LogP contribution is -2.39. The number of likely N-dealkylation sites (tertiary alicyclic amines) is 2. The zero-order valence-electron chi connectivity index (χ0n) is 19.7. The Kier molecular flexibility index (Phi) is 7.10. The lowest BCUT2D eigenvalue weighted by atomic mass is 9.86. The van der Waals surface area contributed by atoms with E-state index in [9.17, 15) is 9.18 Å². The van der Waals surface area contributed by atoms with E-state index in [1.54, 1.807) is 12.1 Å². The monoisotopic (exact) mass is 448 g/mol. The third-order valence-electron chi connectivity index (χ3n) is 8.32. The van der Waals surface area contributed by atoms with Crippen LogP contribution in [0.25, 0.3) is 0 Å². The third-order valence-corrected chi connectivity index (χ3v) is 8.32. The fourth-order valence-corrected chi connectivity index (χ4v) is 6.41. The van der Waals surface area contributed by atoms with Gasteiger partial charge in [-0.1, -0.05) is 55.3 Å². The number of nitrogens with zero attached hydrogens (tertiary/aromatic N) is 2. The molecule has 2 aliphatic heterocycles. The normalized spacial score (nSPS) is 25.1. The van der Waals surface area contributed by atoms with Gasteiger partial charge in [0.1, 0.15) is 5.82 Å². The molecule has 2 atom stereocenters. The van der Waals surface area contributed by atoms with Crippen LogP contribution in [0.1, 0.15) is 55.6 Å². The van der Waals surface area contributed by atoms with Crippen LogP contribution < -0.4 is 0 Å². The molecule has 3 aliphatic rings. The summed E-state index contributed by atoms with van der Waals surface area (Å²) in [7, 11) is 0. The van der Waals surface area contributed by atoms with Gasteiger partial charge in [0.25, 0.3) is 0 Å². The molecule has 33 heavy (non-hydrogen) atoms. The maximum absolute atomic E-state index is 13.6. The number of halogens is 1. The molecule has 5 rings (SSSR count). The highest BCUT2D eigenvalue weighted by Crippen LogP contribution is 2.37. The highest BCUT2D eigenvalue weighted by molar-refractivity contribution is 5.79. The first-order valence-electron chi connectivity index (χ1n) is 13.0. The molecule has 2 heterocycles. The molecule has 0 unspecified atom stereocenters. The molecule has 0 bridgehead atoms. The summed E-state index contributed by atoms with van der Waals surface area (Å²) in [6, 6.07) is 17.9. The molecular weight excluding hydrogens is 411 g/mol. The number of carbonyl (C=O) groups excluding carboxylic acids is 1. The Morgan fingerprint density at radius 3 is 2.27 bits per heavy atom. The maximum atomic E-state index is 13.6. The molecule has 1 aliphatic carbocycles. The first kappa shape index (κ1) is 22.6. The minimum atomic E-state index is -0.187. The largest absolute Gasteiger partial charge is 0.341 e. The van der Waals surface area contributed by atoms with Crippen molar-refractivity contribution in [3.05, 3.63) is 71.5 Å². The summed E-state index contributed by atoms with van der Waals surface area (Å²) >= 11 is 0. The number of benzene rings is 2. The Morgan fingerprint density at radius 2 is 1.58 bits per heavy atom. The summed E-state index contributed by atoms with van der Waals surface area (Å²) in [4.78, 5) is 17.9. The number of amides is 1. The zero-order valence-corrected chi connectivity index (χ0v) is 19.7. The summed E-state index contributed by atoms with van der Waals surface area (Å²) < 4.78 is 13.6. The van der Waals surface area contributed by atoms with Gasteiger partial charge < -0.3 is 9.80 Å². The van der Waals surface area contributed by atoms with E-state index in [1.807, 2.05) is 12.1 Å². The van der Waals surface area contributed by atoms with Gasteiger partial charge in [-0.05, 0) is 80.3 Å². The molecular formula is C29H37FN2O. The average molecular weight is 449 g/mol. The Hall–Kier alpha value is -2.20. The van der Waals surface area contributed by atoms with Crippen molar-refractivity contribution in [2.24, 2.45) is 17.8 Å². The molecule has 0 N–H and O–H groups in total. The first-order chi connectivity index (χ1) is 16.2. The van der Waals surface area contributed by atoms with Gasteiger partial charge in [0.2, 0.25) is 5.91 Å². The summed E-state index contributed by atoms with van der Waals surface area (Å²) in [6.45, 7) is 4.95. The molecule has 1 amide bonds. The van der Waals surface area contributed by atoms with Gasteiger partial charge in [0, 0.05) is 31.5 Å². The Morgan fingerprint density at radius 1 is 0.879 bits per heavy atom. The van der Waals surface area contributed by atoms with Gasteiger partial charge in [-0.3, -0.25) is 4.79 Å². The second-order valence-electron chi connectivity index (χ2n) is 10.6. The van der Waals surface area contributed by atoms with Crippen LogP contribution in [0.15, 0.2) is 54.6 Å². The highest BCUT2D eigenvalue weighted by Gasteiger charge is 2.39. The maximum Gasteiger partial charge on any atom is 0.225 e. The van der Waals surface area contributed by atoms with Gasteiger partial charge in [-0.25, -0.2) is 4.39 Å². The highest BCUT2D eigenvalue weighted by atomic mass is 19.1. The quantitative estimate of drug-likeness (QED) is 0.582. The van der Waals surface area contributed by atoms with Crippen molar-refractivity contribution in [1.82, 2.24) is 9.80 Å². The van der Waals surface area contributed by atoms with Crippen LogP contribution in [-0.2, 0) is 11.2 Å². The van der Waals surface area contributed by atoms with Crippen LogP contribution in [0.3, 0.4) is 0 Å². The molecule has 176 valence electrons. The zero-order chi connectivity index (χ0) is 22.6. The second-order valence-corrected chi connectivity index (χ2v) is 10.6. The molecule has 2 saturated heterocycles. The molecule has 0 spiro atoms. The number of rotatable bonds is 6. The van der Waals surface area contributed by atoms with Crippen molar-refractivity contribution in [2.45, 2.75) is 50.9 Å². The van der Waals surface area contributed by atoms with E-state index in [4.69, 9.17) is 0 Å². The smallest absolute Gasteiger partial charge is 0.225 e. The van der Waals surface area contributed by atoms with Crippen LogP contribution >= 0.6 is 0 Å².